The number of nitrogens with one attached hydrogen (secondary N) is 1. The summed E-state index contributed by atoms with van der Waals surface area (Å²) in [6.45, 7) is 2.22. The van der Waals surface area contributed by atoms with Gasteiger partial charge in [-0.15, -0.1) is 11.8 Å². The Bertz CT molecular complexity index is 590. The molecule has 1 fully saturated rings. The number of morpholine rings is 1. The molecule has 1 atom stereocenters. The Balaban J connectivity index is 1.73. The molecule has 0 aromatic heterocycles. The van der Waals surface area contributed by atoms with Gasteiger partial charge in [0.1, 0.15) is 6.04 Å². The van der Waals surface area contributed by atoms with E-state index in [1.165, 1.54) is 11.8 Å². The van der Waals surface area contributed by atoms with E-state index in [1.54, 1.807) is 4.90 Å². The van der Waals surface area contributed by atoms with Crippen molar-refractivity contribution in [1.29, 1.82) is 0 Å². The molecule has 0 bridgehead atoms. The molecule has 0 radical (unpaired) electrons. The molecule has 2 N–H and O–H groups in total. The zero-order valence-electron chi connectivity index (χ0n) is 13.8. The van der Waals surface area contributed by atoms with Crippen LogP contribution in [-0.4, -0.2) is 71.6 Å². The molecule has 1 aliphatic rings. The number of aliphatic carboxylic acids is 1. The first-order chi connectivity index (χ1) is 12.1. The highest BCUT2D eigenvalue weighted by Crippen LogP contribution is 2.07. The lowest BCUT2D eigenvalue weighted by Gasteiger charge is -2.26. The zero-order valence-corrected chi connectivity index (χ0v) is 14.7. The molecule has 7 nitrogen and oxygen atoms in total. The smallest absolute Gasteiger partial charge is 0.326 e. The van der Waals surface area contributed by atoms with E-state index in [9.17, 15) is 19.5 Å². The third-order valence-corrected chi connectivity index (χ3v) is 4.66. The van der Waals surface area contributed by atoms with Crippen molar-refractivity contribution in [2.75, 3.05) is 37.8 Å². The van der Waals surface area contributed by atoms with Crippen LogP contribution in [0.5, 0.6) is 0 Å². The third kappa shape index (κ3) is 6.75. The summed E-state index contributed by atoms with van der Waals surface area (Å²) in [6, 6.07) is 8.15. The number of nitrogens with zero attached hydrogens (tertiary/aromatic N) is 1. The molecule has 2 amide bonds. The molecule has 0 saturated carbocycles. The van der Waals surface area contributed by atoms with Crippen molar-refractivity contribution < 1.29 is 24.2 Å². The first-order valence-corrected chi connectivity index (χ1v) is 9.21. The van der Waals surface area contributed by atoms with Gasteiger partial charge in [-0.25, -0.2) is 4.79 Å². The van der Waals surface area contributed by atoms with Crippen molar-refractivity contribution in [2.45, 2.75) is 12.5 Å². The van der Waals surface area contributed by atoms with Gasteiger partial charge in [-0.05, 0) is 5.56 Å². The SMILES string of the molecule is O=C(CSCC(=O)N1CCOCC1)N[C@@H](Cc1ccccc1)C(=O)O. The van der Waals surface area contributed by atoms with E-state index in [4.69, 9.17) is 4.74 Å². The fourth-order valence-electron chi connectivity index (χ4n) is 2.42. The van der Waals surface area contributed by atoms with Gasteiger partial charge in [0.2, 0.25) is 11.8 Å². The molecule has 8 heteroatoms. The van der Waals surface area contributed by atoms with Crippen molar-refractivity contribution in [3.63, 3.8) is 0 Å². The summed E-state index contributed by atoms with van der Waals surface area (Å²) >= 11 is 1.19. The summed E-state index contributed by atoms with van der Waals surface area (Å²) in [7, 11) is 0. The molecule has 1 aliphatic heterocycles. The molecule has 25 heavy (non-hydrogen) atoms. The normalized spacial score (nSPS) is 15.4. The number of carbonyl (C=O) groups is 3. The van der Waals surface area contributed by atoms with Crippen molar-refractivity contribution in [1.82, 2.24) is 10.2 Å². The highest BCUT2D eigenvalue weighted by Gasteiger charge is 2.21. The van der Waals surface area contributed by atoms with E-state index >= 15 is 0 Å². The monoisotopic (exact) mass is 366 g/mol. The molecular weight excluding hydrogens is 344 g/mol. The average Bonchev–Trinajstić information content (AvgIpc) is 2.62. The lowest BCUT2D eigenvalue weighted by atomic mass is 10.1. The van der Waals surface area contributed by atoms with Gasteiger partial charge in [0, 0.05) is 19.5 Å². The van der Waals surface area contributed by atoms with Crippen LogP contribution < -0.4 is 5.32 Å². The summed E-state index contributed by atoms with van der Waals surface area (Å²) in [5, 5.41) is 11.8. The summed E-state index contributed by atoms with van der Waals surface area (Å²) in [4.78, 5) is 37.0. The summed E-state index contributed by atoms with van der Waals surface area (Å²) in [5.41, 5.74) is 0.838. The topological polar surface area (TPSA) is 95.9 Å². The van der Waals surface area contributed by atoms with Gasteiger partial charge in [0.05, 0.1) is 24.7 Å². The molecule has 0 unspecified atom stereocenters. The van der Waals surface area contributed by atoms with Crippen LogP contribution in [0.1, 0.15) is 5.56 Å². The maximum Gasteiger partial charge on any atom is 0.326 e. The molecule has 2 rings (SSSR count). The van der Waals surface area contributed by atoms with E-state index in [0.717, 1.165) is 5.56 Å². The van der Waals surface area contributed by atoms with Crippen LogP contribution in [0.4, 0.5) is 0 Å². The number of benzene rings is 1. The minimum Gasteiger partial charge on any atom is -0.480 e. The third-order valence-electron chi connectivity index (χ3n) is 3.74. The molecule has 1 aromatic rings. The number of amides is 2. The second kappa shape index (κ2) is 10.0. The average molecular weight is 366 g/mol. The summed E-state index contributed by atoms with van der Waals surface area (Å²) < 4.78 is 5.19. The van der Waals surface area contributed by atoms with Gasteiger partial charge in [0.25, 0.3) is 0 Å². The maximum atomic E-state index is 12.0. The molecule has 0 aliphatic carbocycles. The van der Waals surface area contributed by atoms with Crippen LogP contribution >= 0.6 is 11.8 Å². The van der Waals surface area contributed by atoms with Crippen LogP contribution in [0, 0.1) is 0 Å². The van der Waals surface area contributed by atoms with Crippen molar-refractivity contribution in [3.8, 4) is 0 Å². The van der Waals surface area contributed by atoms with Gasteiger partial charge in [-0.1, -0.05) is 30.3 Å². The zero-order chi connectivity index (χ0) is 18.1. The molecule has 1 saturated heterocycles. The Kier molecular flexibility index (Phi) is 7.75. The lowest BCUT2D eigenvalue weighted by molar-refractivity contribution is -0.141. The van der Waals surface area contributed by atoms with E-state index in [2.05, 4.69) is 5.32 Å². The highest BCUT2D eigenvalue weighted by molar-refractivity contribution is 8.00. The number of hydrogen-bond donors (Lipinski definition) is 2. The van der Waals surface area contributed by atoms with E-state index in [0.29, 0.717) is 26.3 Å². The Labute approximate surface area is 150 Å². The fourth-order valence-corrected chi connectivity index (χ4v) is 3.15. The highest BCUT2D eigenvalue weighted by atomic mass is 32.2. The molecular formula is C17H22N2O5S. The standard InChI is InChI=1S/C17H22N2O5S/c20-15(11-25-12-16(21)19-6-8-24-9-7-19)18-14(17(22)23)10-13-4-2-1-3-5-13/h1-5,14H,6-12H2,(H,18,20)(H,22,23)/t14-/m0/s1. The second-order valence-electron chi connectivity index (χ2n) is 5.63. The van der Waals surface area contributed by atoms with E-state index in [-0.39, 0.29) is 29.7 Å². The Morgan fingerprint density at radius 1 is 1.16 bits per heavy atom. The lowest BCUT2D eigenvalue weighted by Crippen LogP contribution is -2.43. The van der Waals surface area contributed by atoms with E-state index < -0.39 is 12.0 Å². The maximum absolute atomic E-state index is 12.0. The van der Waals surface area contributed by atoms with Crippen molar-refractivity contribution >= 4 is 29.5 Å². The Morgan fingerprint density at radius 2 is 1.84 bits per heavy atom. The number of carboxylic acids is 1. The molecule has 1 aromatic carbocycles. The minimum atomic E-state index is -1.08. The quantitative estimate of drug-likeness (QED) is 0.691. The van der Waals surface area contributed by atoms with Gasteiger partial charge >= 0.3 is 5.97 Å². The molecule has 136 valence electrons. The second-order valence-corrected chi connectivity index (χ2v) is 6.62. The largest absolute Gasteiger partial charge is 0.480 e. The van der Waals surface area contributed by atoms with Crippen LogP contribution in [0.15, 0.2) is 30.3 Å². The van der Waals surface area contributed by atoms with Crippen molar-refractivity contribution in [3.05, 3.63) is 35.9 Å². The summed E-state index contributed by atoms with van der Waals surface area (Å²) in [6.07, 6.45) is 0.222. The Morgan fingerprint density at radius 3 is 2.48 bits per heavy atom. The Hall–Kier alpha value is -2.06. The summed E-state index contributed by atoms with van der Waals surface area (Å²) in [5.74, 6) is -1.24. The van der Waals surface area contributed by atoms with Crippen molar-refractivity contribution in [2.24, 2.45) is 0 Å². The minimum absolute atomic E-state index is 0.0276. The van der Waals surface area contributed by atoms with Gasteiger partial charge < -0.3 is 20.1 Å². The number of hydrogen-bond acceptors (Lipinski definition) is 5. The van der Waals surface area contributed by atoms with Gasteiger partial charge in [0.15, 0.2) is 0 Å². The number of carbonyl (C=O) groups excluding carboxylic acids is 2. The van der Waals surface area contributed by atoms with Crippen LogP contribution in [0.25, 0.3) is 0 Å². The first kappa shape index (κ1) is 19.3. The number of carboxylic acid groups (broad SMARTS) is 1. The number of thioether (sulfide) groups is 1. The predicted molar refractivity (Wildman–Crippen MR) is 94.4 cm³/mol. The van der Waals surface area contributed by atoms with Gasteiger partial charge in [-0.3, -0.25) is 9.59 Å². The van der Waals surface area contributed by atoms with Crippen LogP contribution in [0.3, 0.4) is 0 Å². The molecule has 1 heterocycles. The molecule has 0 spiro atoms. The number of ether oxygens (including phenoxy) is 1. The van der Waals surface area contributed by atoms with Crippen LogP contribution in [-0.2, 0) is 25.5 Å². The number of rotatable bonds is 8. The predicted octanol–water partition coefficient (Wildman–Crippen LogP) is 0.391. The van der Waals surface area contributed by atoms with Gasteiger partial charge in [-0.2, -0.15) is 0 Å². The first-order valence-electron chi connectivity index (χ1n) is 8.05. The van der Waals surface area contributed by atoms with E-state index in [1.807, 2.05) is 30.3 Å². The fraction of sp³-hybridized carbons (Fsp3) is 0.471. The van der Waals surface area contributed by atoms with Crippen LogP contribution in [0.2, 0.25) is 0 Å².